The van der Waals surface area contributed by atoms with Gasteiger partial charge in [-0.05, 0) is 26.0 Å². The number of hydrogen-bond donors (Lipinski definition) is 1. The minimum absolute atomic E-state index is 0.366. The van der Waals surface area contributed by atoms with Crippen LogP contribution in [0, 0.1) is 12.3 Å². The van der Waals surface area contributed by atoms with Crippen LogP contribution in [0.25, 0.3) is 0 Å². The summed E-state index contributed by atoms with van der Waals surface area (Å²) in [6.07, 6.45) is 5.39. The molecule has 0 aliphatic rings. The number of ether oxygens (including phenoxy) is 1. The van der Waals surface area contributed by atoms with Crippen LogP contribution >= 0.6 is 0 Å². The molecule has 0 amide bonds. The zero-order valence-corrected chi connectivity index (χ0v) is 8.79. The fourth-order valence-corrected chi connectivity index (χ4v) is 1.12. The molecule has 0 spiro atoms. The minimum Gasteiger partial charge on any atom is -0.495 e. The van der Waals surface area contributed by atoms with Gasteiger partial charge in [0.25, 0.3) is 0 Å². The minimum atomic E-state index is -0.366. The highest BCUT2D eigenvalue weighted by Crippen LogP contribution is 2.25. The Bertz CT molecular complexity index is 350. The van der Waals surface area contributed by atoms with Gasteiger partial charge >= 0.3 is 0 Å². The summed E-state index contributed by atoms with van der Waals surface area (Å²) in [4.78, 5) is 0. The molecule has 0 fully saturated rings. The molecule has 1 rings (SSSR count). The molecular formula is C12H15NO. The van der Waals surface area contributed by atoms with Gasteiger partial charge in [0.05, 0.1) is 18.3 Å². The van der Waals surface area contributed by atoms with E-state index in [-0.39, 0.29) is 5.54 Å². The Kier molecular flexibility index (Phi) is 3.03. The zero-order chi connectivity index (χ0) is 10.6. The van der Waals surface area contributed by atoms with E-state index in [1.54, 1.807) is 7.11 Å². The van der Waals surface area contributed by atoms with Crippen molar-refractivity contribution >= 4 is 5.69 Å². The van der Waals surface area contributed by atoms with E-state index >= 15 is 0 Å². The van der Waals surface area contributed by atoms with Gasteiger partial charge in [-0.25, -0.2) is 0 Å². The van der Waals surface area contributed by atoms with Crippen molar-refractivity contribution in [2.45, 2.75) is 19.4 Å². The average Bonchev–Trinajstić information content (AvgIpc) is 2.18. The molecule has 14 heavy (non-hydrogen) atoms. The fourth-order valence-electron chi connectivity index (χ4n) is 1.12. The summed E-state index contributed by atoms with van der Waals surface area (Å²) in [6.45, 7) is 3.89. The molecule has 0 aromatic heterocycles. The third kappa shape index (κ3) is 2.43. The predicted octanol–water partition coefficient (Wildman–Crippen LogP) is 2.52. The first-order chi connectivity index (χ1) is 6.59. The number of para-hydroxylation sites is 2. The van der Waals surface area contributed by atoms with E-state index in [2.05, 4.69) is 11.2 Å². The number of benzene rings is 1. The van der Waals surface area contributed by atoms with Crippen molar-refractivity contribution in [1.29, 1.82) is 0 Å². The summed E-state index contributed by atoms with van der Waals surface area (Å²) in [6, 6.07) is 7.71. The van der Waals surface area contributed by atoms with Gasteiger partial charge < -0.3 is 10.1 Å². The standard InChI is InChI=1S/C12H15NO/c1-5-12(2,3)13-10-8-6-7-9-11(10)14-4/h1,6-9,13H,2-4H3. The van der Waals surface area contributed by atoms with Crippen molar-refractivity contribution in [3.63, 3.8) is 0 Å². The number of rotatable bonds is 3. The molecule has 1 aromatic rings. The SMILES string of the molecule is C#CC(C)(C)Nc1ccccc1OC. The van der Waals surface area contributed by atoms with E-state index < -0.39 is 0 Å². The Morgan fingerprint density at radius 2 is 2.00 bits per heavy atom. The number of nitrogens with one attached hydrogen (secondary N) is 1. The molecule has 0 atom stereocenters. The largest absolute Gasteiger partial charge is 0.495 e. The lowest BCUT2D eigenvalue weighted by atomic mass is 10.1. The number of hydrogen-bond acceptors (Lipinski definition) is 2. The maximum atomic E-state index is 5.39. The Morgan fingerprint density at radius 1 is 1.36 bits per heavy atom. The molecule has 2 heteroatoms. The van der Waals surface area contributed by atoms with Gasteiger partial charge in [-0.15, -0.1) is 6.42 Å². The molecule has 0 unspecified atom stereocenters. The molecule has 2 nitrogen and oxygen atoms in total. The summed E-state index contributed by atoms with van der Waals surface area (Å²) in [5.74, 6) is 3.48. The number of terminal acetylenes is 1. The maximum Gasteiger partial charge on any atom is 0.141 e. The van der Waals surface area contributed by atoms with Gasteiger partial charge in [-0.3, -0.25) is 0 Å². The molecule has 0 bridgehead atoms. The topological polar surface area (TPSA) is 21.3 Å². The zero-order valence-electron chi connectivity index (χ0n) is 8.79. The molecule has 1 aromatic carbocycles. The van der Waals surface area contributed by atoms with Crippen molar-refractivity contribution < 1.29 is 4.74 Å². The second-order valence-electron chi connectivity index (χ2n) is 3.59. The van der Waals surface area contributed by atoms with Crippen molar-refractivity contribution in [2.24, 2.45) is 0 Å². The average molecular weight is 189 g/mol. The van der Waals surface area contributed by atoms with Gasteiger partial charge in [0.1, 0.15) is 5.75 Å². The smallest absolute Gasteiger partial charge is 0.141 e. The van der Waals surface area contributed by atoms with Crippen LogP contribution in [0.3, 0.4) is 0 Å². The van der Waals surface area contributed by atoms with Crippen molar-refractivity contribution in [3.8, 4) is 18.1 Å². The Hall–Kier alpha value is -1.62. The lowest BCUT2D eigenvalue weighted by molar-refractivity contribution is 0.415. The van der Waals surface area contributed by atoms with E-state index in [0.29, 0.717) is 0 Å². The second kappa shape index (κ2) is 4.06. The Morgan fingerprint density at radius 3 is 2.57 bits per heavy atom. The lowest BCUT2D eigenvalue weighted by Gasteiger charge is -2.22. The van der Waals surface area contributed by atoms with E-state index in [1.165, 1.54) is 0 Å². The summed E-state index contributed by atoms with van der Waals surface area (Å²) in [5.41, 5.74) is 0.548. The summed E-state index contributed by atoms with van der Waals surface area (Å²) in [7, 11) is 1.64. The predicted molar refractivity (Wildman–Crippen MR) is 59.5 cm³/mol. The summed E-state index contributed by atoms with van der Waals surface area (Å²) < 4.78 is 5.20. The summed E-state index contributed by atoms with van der Waals surface area (Å²) in [5, 5.41) is 3.23. The highest BCUT2D eigenvalue weighted by molar-refractivity contribution is 5.58. The van der Waals surface area contributed by atoms with Crippen molar-refractivity contribution in [1.82, 2.24) is 0 Å². The van der Waals surface area contributed by atoms with Crippen LogP contribution in [0.1, 0.15) is 13.8 Å². The molecule has 0 saturated heterocycles. The normalized spacial score (nSPS) is 10.4. The first kappa shape index (κ1) is 10.5. The fraction of sp³-hybridized carbons (Fsp3) is 0.333. The third-order valence-electron chi connectivity index (χ3n) is 1.91. The van der Waals surface area contributed by atoms with Crippen LogP contribution in [-0.4, -0.2) is 12.6 Å². The van der Waals surface area contributed by atoms with Crippen LogP contribution in [0.2, 0.25) is 0 Å². The number of anilines is 1. The van der Waals surface area contributed by atoms with Crippen LogP contribution in [0.5, 0.6) is 5.75 Å². The first-order valence-corrected chi connectivity index (χ1v) is 4.48. The molecule has 0 radical (unpaired) electrons. The van der Waals surface area contributed by atoms with Gasteiger partial charge in [0, 0.05) is 0 Å². The van der Waals surface area contributed by atoms with Gasteiger partial charge in [-0.1, -0.05) is 18.1 Å². The third-order valence-corrected chi connectivity index (χ3v) is 1.91. The van der Waals surface area contributed by atoms with E-state index in [4.69, 9.17) is 11.2 Å². The monoisotopic (exact) mass is 189 g/mol. The molecule has 0 saturated carbocycles. The van der Waals surface area contributed by atoms with Gasteiger partial charge in [0.15, 0.2) is 0 Å². The molecule has 1 N–H and O–H groups in total. The van der Waals surface area contributed by atoms with E-state index in [1.807, 2.05) is 38.1 Å². The van der Waals surface area contributed by atoms with Crippen LogP contribution in [0.15, 0.2) is 24.3 Å². The van der Waals surface area contributed by atoms with Crippen LogP contribution < -0.4 is 10.1 Å². The van der Waals surface area contributed by atoms with Crippen molar-refractivity contribution in [3.05, 3.63) is 24.3 Å². The van der Waals surface area contributed by atoms with Crippen molar-refractivity contribution in [2.75, 3.05) is 12.4 Å². The van der Waals surface area contributed by atoms with Gasteiger partial charge in [0.2, 0.25) is 0 Å². The van der Waals surface area contributed by atoms with Crippen LogP contribution in [0.4, 0.5) is 5.69 Å². The Balaban J connectivity index is 2.92. The Labute approximate surface area is 85.3 Å². The van der Waals surface area contributed by atoms with E-state index in [0.717, 1.165) is 11.4 Å². The highest BCUT2D eigenvalue weighted by atomic mass is 16.5. The number of methoxy groups -OCH3 is 1. The molecule has 0 heterocycles. The molecule has 0 aliphatic carbocycles. The molecular weight excluding hydrogens is 174 g/mol. The van der Waals surface area contributed by atoms with E-state index in [9.17, 15) is 0 Å². The summed E-state index contributed by atoms with van der Waals surface area (Å²) >= 11 is 0. The lowest BCUT2D eigenvalue weighted by Crippen LogP contribution is -2.28. The van der Waals surface area contributed by atoms with Crippen LogP contribution in [-0.2, 0) is 0 Å². The van der Waals surface area contributed by atoms with Gasteiger partial charge in [-0.2, -0.15) is 0 Å². The first-order valence-electron chi connectivity index (χ1n) is 4.48. The quantitative estimate of drug-likeness (QED) is 0.738. The highest BCUT2D eigenvalue weighted by Gasteiger charge is 2.14. The second-order valence-corrected chi connectivity index (χ2v) is 3.59. The molecule has 0 aliphatic heterocycles. The maximum absolute atomic E-state index is 5.39. The molecule has 74 valence electrons.